The summed E-state index contributed by atoms with van der Waals surface area (Å²) >= 11 is 0. The van der Waals surface area contributed by atoms with Crippen molar-refractivity contribution in [3.8, 4) is 0 Å². The lowest BCUT2D eigenvalue weighted by Gasteiger charge is -2.32. The first-order chi connectivity index (χ1) is 10.7. The fourth-order valence-corrected chi connectivity index (χ4v) is 3.32. The zero-order valence-corrected chi connectivity index (χ0v) is 14.0. The predicted octanol–water partition coefficient (Wildman–Crippen LogP) is 4.14. The number of allylic oxidation sites excluding steroid dienone is 2. The van der Waals surface area contributed by atoms with Crippen LogP contribution in [0.15, 0.2) is 24.4 Å². The highest BCUT2D eigenvalue weighted by molar-refractivity contribution is 5.65. The van der Waals surface area contributed by atoms with Gasteiger partial charge in [-0.3, -0.25) is 4.79 Å². The molecule has 0 saturated heterocycles. The number of carbonyl (C=O) groups is 2. The summed E-state index contributed by atoms with van der Waals surface area (Å²) in [5.41, 5.74) is 0.907. The normalized spacial score (nSPS) is 21.7. The van der Waals surface area contributed by atoms with Crippen LogP contribution in [0.2, 0.25) is 0 Å². The molecule has 0 radical (unpaired) electrons. The Morgan fingerprint density at radius 1 is 1.09 bits per heavy atom. The molecule has 3 nitrogen and oxygen atoms in total. The highest BCUT2D eigenvalue weighted by Crippen LogP contribution is 2.32. The van der Waals surface area contributed by atoms with Crippen molar-refractivity contribution in [1.29, 1.82) is 0 Å². The van der Waals surface area contributed by atoms with Crippen molar-refractivity contribution in [1.82, 2.24) is 4.90 Å². The molecule has 0 N–H and O–H groups in total. The second kappa shape index (κ2) is 11.2. The average Bonchev–Trinajstić information content (AvgIpc) is 2.53. The lowest BCUT2D eigenvalue weighted by molar-refractivity contribution is -0.108. The van der Waals surface area contributed by atoms with Crippen LogP contribution in [0.4, 0.5) is 0 Å². The second-order valence-corrected chi connectivity index (χ2v) is 6.56. The van der Waals surface area contributed by atoms with E-state index in [4.69, 9.17) is 0 Å². The number of carbonyl (C=O) groups excluding carboxylic acids is 2. The summed E-state index contributed by atoms with van der Waals surface area (Å²) in [4.78, 5) is 22.8. The molecule has 22 heavy (non-hydrogen) atoms. The van der Waals surface area contributed by atoms with Gasteiger partial charge in [0.2, 0.25) is 0 Å². The van der Waals surface area contributed by atoms with Crippen LogP contribution in [0.1, 0.15) is 57.8 Å². The van der Waals surface area contributed by atoms with Gasteiger partial charge in [0, 0.05) is 25.7 Å². The Balaban J connectivity index is 2.16. The predicted molar refractivity (Wildman–Crippen MR) is 91.6 cm³/mol. The van der Waals surface area contributed by atoms with Crippen LogP contribution in [0.3, 0.4) is 0 Å². The standard InChI is InChI=1S/C19H31NO2/c1-17(8-7-15-22)20(2)16-19-12-10-18(11-13-19)9-5-3-4-6-14-21/h7-8,14-15,18-19H,1,3-6,9-13,16H2,2H3/b8-7-. The number of likely N-dealkylation sites (N-methyl/N-ethyl adjacent to an activating group) is 1. The van der Waals surface area contributed by atoms with Crippen molar-refractivity contribution >= 4 is 12.6 Å². The van der Waals surface area contributed by atoms with E-state index in [0.29, 0.717) is 0 Å². The highest BCUT2D eigenvalue weighted by Gasteiger charge is 2.21. The van der Waals surface area contributed by atoms with E-state index in [1.807, 2.05) is 0 Å². The van der Waals surface area contributed by atoms with Gasteiger partial charge < -0.3 is 9.69 Å². The summed E-state index contributed by atoms with van der Waals surface area (Å²) in [6.07, 6.45) is 15.9. The minimum atomic E-state index is 0.724. The van der Waals surface area contributed by atoms with Crippen LogP contribution >= 0.6 is 0 Å². The van der Waals surface area contributed by atoms with Gasteiger partial charge in [0.25, 0.3) is 0 Å². The molecule has 1 fully saturated rings. The molecule has 0 aromatic heterocycles. The first kappa shape index (κ1) is 18.7. The summed E-state index contributed by atoms with van der Waals surface area (Å²) in [6.45, 7) is 5.03. The quantitative estimate of drug-likeness (QED) is 0.249. The fraction of sp³-hybridized carbons (Fsp3) is 0.684. The number of nitrogens with zero attached hydrogens (tertiary/aromatic N) is 1. The van der Waals surface area contributed by atoms with E-state index in [-0.39, 0.29) is 0 Å². The van der Waals surface area contributed by atoms with Crippen molar-refractivity contribution in [2.75, 3.05) is 13.6 Å². The molecule has 124 valence electrons. The van der Waals surface area contributed by atoms with Gasteiger partial charge in [0.05, 0.1) is 0 Å². The Morgan fingerprint density at radius 3 is 2.41 bits per heavy atom. The van der Waals surface area contributed by atoms with E-state index >= 15 is 0 Å². The number of unbranched alkanes of at least 4 members (excludes halogenated alkanes) is 3. The smallest absolute Gasteiger partial charge is 0.142 e. The maximum atomic E-state index is 10.3. The maximum Gasteiger partial charge on any atom is 0.142 e. The molecule has 0 aliphatic heterocycles. The molecule has 1 saturated carbocycles. The van der Waals surface area contributed by atoms with Crippen LogP contribution in [0.5, 0.6) is 0 Å². The maximum absolute atomic E-state index is 10.3. The molecular formula is C19H31NO2. The molecule has 0 bridgehead atoms. The molecule has 0 atom stereocenters. The van der Waals surface area contributed by atoms with E-state index in [2.05, 4.69) is 18.5 Å². The highest BCUT2D eigenvalue weighted by atomic mass is 16.1. The van der Waals surface area contributed by atoms with E-state index < -0.39 is 0 Å². The van der Waals surface area contributed by atoms with Crippen molar-refractivity contribution in [2.45, 2.75) is 57.8 Å². The SMILES string of the molecule is C=C(/C=C\C=O)N(C)CC1CCC(CCCCCC=O)CC1. The van der Waals surface area contributed by atoms with Crippen LogP contribution in [-0.4, -0.2) is 31.1 Å². The van der Waals surface area contributed by atoms with Crippen molar-refractivity contribution in [3.63, 3.8) is 0 Å². The Kier molecular flexibility index (Phi) is 9.52. The topological polar surface area (TPSA) is 37.4 Å². The molecule has 0 amide bonds. The van der Waals surface area contributed by atoms with Gasteiger partial charge in [-0.05, 0) is 43.3 Å². The third-order valence-electron chi connectivity index (χ3n) is 4.79. The van der Waals surface area contributed by atoms with Gasteiger partial charge in [-0.1, -0.05) is 38.7 Å². The Bertz CT molecular complexity index is 368. The number of rotatable bonds is 11. The monoisotopic (exact) mass is 305 g/mol. The summed E-state index contributed by atoms with van der Waals surface area (Å²) in [5, 5.41) is 0. The molecule has 0 spiro atoms. The third-order valence-corrected chi connectivity index (χ3v) is 4.79. The van der Waals surface area contributed by atoms with Gasteiger partial charge in [-0.15, -0.1) is 0 Å². The summed E-state index contributed by atoms with van der Waals surface area (Å²) in [5.74, 6) is 1.63. The minimum Gasteiger partial charge on any atom is -0.375 e. The molecule has 3 heteroatoms. The van der Waals surface area contributed by atoms with Crippen molar-refractivity contribution < 1.29 is 9.59 Å². The lowest BCUT2D eigenvalue weighted by atomic mass is 9.79. The van der Waals surface area contributed by atoms with Gasteiger partial charge in [-0.2, -0.15) is 0 Å². The number of hydrogen-bond donors (Lipinski definition) is 0. The molecule has 0 aromatic carbocycles. The average molecular weight is 305 g/mol. The van der Waals surface area contributed by atoms with Gasteiger partial charge in [-0.25, -0.2) is 0 Å². The third kappa shape index (κ3) is 7.58. The summed E-state index contributed by atoms with van der Waals surface area (Å²) in [6, 6.07) is 0. The summed E-state index contributed by atoms with van der Waals surface area (Å²) in [7, 11) is 2.05. The minimum absolute atomic E-state index is 0.724. The van der Waals surface area contributed by atoms with Crippen LogP contribution < -0.4 is 0 Å². The van der Waals surface area contributed by atoms with E-state index in [0.717, 1.165) is 49.5 Å². The van der Waals surface area contributed by atoms with Crippen LogP contribution in [0, 0.1) is 11.8 Å². The van der Waals surface area contributed by atoms with Gasteiger partial charge in [0.15, 0.2) is 0 Å². The molecule has 1 rings (SSSR count). The van der Waals surface area contributed by atoms with Crippen molar-refractivity contribution in [2.24, 2.45) is 11.8 Å². The molecule has 1 aliphatic rings. The Morgan fingerprint density at radius 2 is 1.77 bits per heavy atom. The van der Waals surface area contributed by atoms with Gasteiger partial charge in [0.1, 0.15) is 12.6 Å². The largest absolute Gasteiger partial charge is 0.375 e. The lowest BCUT2D eigenvalue weighted by Crippen LogP contribution is -2.27. The van der Waals surface area contributed by atoms with Crippen LogP contribution in [-0.2, 0) is 9.59 Å². The Labute approximate surface area is 135 Å². The van der Waals surface area contributed by atoms with E-state index in [9.17, 15) is 9.59 Å². The Hall–Kier alpha value is -1.38. The molecule has 0 heterocycles. The van der Waals surface area contributed by atoms with Crippen molar-refractivity contribution in [3.05, 3.63) is 24.4 Å². The molecule has 0 unspecified atom stereocenters. The second-order valence-electron chi connectivity index (χ2n) is 6.56. The molecule has 1 aliphatic carbocycles. The molecular weight excluding hydrogens is 274 g/mol. The number of aldehydes is 2. The summed E-state index contributed by atoms with van der Waals surface area (Å²) < 4.78 is 0. The zero-order valence-electron chi connectivity index (χ0n) is 14.0. The fourth-order valence-electron chi connectivity index (χ4n) is 3.32. The van der Waals surface area contributed by atoms with E-state index in [1.54, 1.807) is 6.08 Å². The van der Waals surface area contributed by atoms with E-state index in [1.165, 1.54) is 51.0 Å². The van der Waals surface area contributed by atoms with Crippen LogP contribution in [0.25, 0.3) is 0 Å². The number of hydrogen-bond acceptors (Lipinski definition) is 3. The first-order valence-corrected chi connectivity index (χ1v) is 8.63. The molecule has 0 aromatic rings. The van der Waals surface area contributed by atoms with Gasteiger partial charge >= 0.3 is 0 Å². The first-order valence-electron chi connectivity index (χ1n) is 8.63. The zero-order chi connectivity index (χ0) is 16.2.